The van der Waals surface area contributed by atoms with Crippen LogP contribution >= 0.6 is 0 Å². The maximum absolute atomic E-state index is 11.9. The first-order chi connectivity index (χ1) is 12.1. The van der Waals surface area contributed by atoms with Crippen LogP contribution < -0.4 is 14.8 Å². The molecule has 0 radical (unpaired) electrons. The van der Waals surface area contributed by atoms with Crippen molar-refractivity contribution in [2.24, 2.45) is 0 Å². The van der Waals surface area contributed by atoms with Crippen LogP contribution in [0.5, 0.6) is 0 Å². The number of benzene rings is 2. The lowest BCUT2D eigenvalue weighted by Crippen LogP contribution is -2.36. The number of aryl methyl sites for hydroxylation is 1. The minimum absolute atomic E-state index is 0.00589. The lowest BCUT2D eigenvalue weighted by molar-refractivity contribution is -0.120. The van der Waals surface area contributed by atoms with Crippen molar-refractivity contribution in [1.29, 1.82) is 0 Å². The van der Waals surface area contributed by atoms with Crippen LogP contribution in [0, 0.1) is 6.92 Å². The van der Waals surface area contributed by atoms with Crippen LogP contribution in [0.4, 0.5) is 0 Å². The largest absolute Gasteiger partial charge is 0.355 e. The highest BCUT2D eigenvalue weighted by Gasteiger charge is 2.05. The molecule has 25 heavy (non-hydrogen) atoms. The second kappa shape index (κ2) is 10.1. The van der Waals surface area contributed by atoms with Crippen LogP contribution in [0.25, 0.3) is 11.1 Å². The second-order valence-corrected chi connectivity index (χ2v) is 6.82. The summed E-state index contributed by atoms with van der Waals surface area (Å²) >= 11 is -1.34. The average molecular weight is 359 g/mol. The molecule has 0 aliphatic heterocycles. The minimum Gasteiger partial charge on any atom is -0.355 e. The Hall–Kier alpha value is -2.02. The normalized spacial score (nSPS) is 11.9. The SMILES string of the molecule is CCC(=O)NCCNS(=O)NCc1ccc(C)c(-c2ccccc2)c1. The minimum atomic E-state index is -1.34. The molecule has 1 atom stereocenters. The van der Waals surface area contributed by atoms with Gasteiger partial charge in [-0.25, -0.2) is 13.7 Å². The maximum Gasteiger partial charge on any atom is 0.219 e. The van der Waals surface area contributed by atoms with Crippen molar-refractivity contribution in [1.82, 2.24) is 14.8 Å². The van der Waals surface area contributed by atoms with E-state index in [-0.39, 0.29) is 5.91 Å². The molecule has 1 amide bonds. The molecule has 0 aromatic heterocycles. The van der Waals surface area contributed by atoms with E-state index in [1.807, 2.05) is 24.3 Å². The van der Waals surface area contributed by atoms with E-state index in [9.17, 15) is 9.00 Å². The van der Waals surface area contributed by atoms with Gasteiger partial charge in [0, 0.05) is 26.1 Å². The predicted octanol–water partition coefficient (Wildman–Crippen LogP) is 2.45. The standard InChI is InChI=1S/C19H25N3O2S/c1-3-19(23)20-11-12-21-25(24)22-14-16-10-9-15(2)18(13-16)17-7-5-4-6-8-17/h4-10,13,21-22H,3,11-12,14H2,1-2H3,(H,20,23). The number of amides is 1. The number of rotatable bonds is 9. The Labute approximate surface area is 151 Å². The van der Waals surface area contributed by atoms with E-state index >= 15 is 0 Å². The summed E-state index contributed by atoms with van der Waals surface area (Å²) in [5, 5.41) is 2.73. The van der Waals surface area contributed by atoms with Gasteiger partial charge in [0.2, 0.25) is 5.91 Å². The molecule has 2 rings (SSSR count). The van der Waals surface area contributed by atoms with E-state index in [2.05, 4.69) is 46.0 Å². The highest BCUT2D eigenvalue weighted by molar-refractivity contribution is 7.80. The molecule has 2 aromatic rings. The van der Waals surface area contributed by atoms with Crippen molar-refractivity contribution in [2.45, 2.75) is 26.8 Å². The van der Waals surface area contributed by atoms with Gasteiger partial charge in [-0.15, -0.1) is 0 Å². The Bertz CT molecular complexity index is 720. The molecule has 0 aliphatic carbocycles. The summed E-state index contributed by atoms with van der Waals surface area (Å²) < 4.78 is 17.7. The van der Waals surface area contributed by atoms with Gasteiger partial charge in [-0.05, 0) is 35.2 Å². The fourth-order valence-corrected chi connectivity index (χ4v) is 3.07. The maximum atomic E-state index is 11.9. The van der Waals surface area contributed by atoms with E-state index in [0.29, 0.717) is 26.1 Å². The highest BCUT2D eigenvalue weighted by atomic mass is 32.2. The predicted molar refractivity (Wildman–Crippen MR) is 103 cm³/mol. The molecular formula is C19H25N3O2S. The lowest BCUT2D eigenvalue weighted by atomic mass is 9.98. The highest BCUT2D eigenvalue weighted by Crippen LogP contribution is 2.24. The second-order valence-electron chi connectivity index (χ2n) is 5.70. The van der Waals surface area contributed by atoms with Gasteiger partial charge in [0.25, 0.3) is 0 Å². The molecule has 0 saturated carbocycles. The number of carbonyl (C=O) groups excluding carboxylic acids is 1. The van der Waals surface area contributed by atoms with Gasteiger partial charge in [-0.1, -0.05) is 49.4 Å². The Morgan fingerprint density at radius 1 is 1.04 bits per heavy atom. The molecule has 5 nitrogen and oxygen atoms in total. The van der Waals surface area contributed by atoms with Crippen LogP contribution in [0.1, 0.15) is 24.5 Å². The number of carbonyl (C=O) groups is 1. The molecule has 134 valence electrons. The summed E-state index contributed by atoms with van der Waals surface area (Å²) in [6.07, 6.45) is 0.457. The van der Waals surface area contributed by atoms with Gasteiger partial charge < -0.3 is 5.32 Å². The van der Waals surface area contributed by atoms with Crippen LogP contribution in [-0.4, -0.2) is 23.2 Å². The van der Waals surface area contributed by atoms with Crippen molar-refractivity contribution in [3.05, 3.63) is 59.7 Å². The first-order valence-corrected chi connectivity index (χ1v) is 9.55. The van der Waals surface area contributed by atoms with Gasteiger partial charge in [0.1, 0.15) is 0 Å². The third-order valence-corrected chi connectivity index (χ3v) is 4.67. The average Bonchev–Trinajstić information content (AvgIpc) is 2.65. The van der Waals surface area contributed by atoms with Crippen LogP contribution in [0.15, 0.2) is 48.5 Å². The summed E-state index contributed by atoms with van der Waals surface area (Å²) in [6, 6.07) is 16.5. The zero-order chi connectivity index (χ0) is 18.1. The summed E-state index contributed by atoms with van der Waals surface area (Å²) in [7, 11) is 0. The van der Waals surface area contributed by atoms with Crippen molar-refractivity contribution in [2.75, 3.05) is 13.1 Å². The molecular weight excluding hydrogens is 334 g/mol. The van der Waals surface area contributed by atoms with Gasteiger partial charge in [-0.2, -0.15) is 0 Å². The number of hydrogen-bond donors (Lipinski definition) is 3. The topological polar surface area (TPSA) is 70.2 Å². The Balaban J connectivity index is 1.85. The van der Waals surface area contributed by atoms with E-state index in [0.717, 1.165) is 5.56 Å². The number of hydrogen-bond acceptors (Lipinski definition) is 2. The molecule has 0 saturated heterocycles. The smallest absolute Gasteiger partial charge is 0.219 e. The zero-order valence-corrected chi connectivity index (χ0v) is 15.5. The summed E-state index contributed by atoms with van der Waals surface area (Å²) in [5.74, 6) is -0.00589. The van der Waals surface area contributed by atoms with Crippen molar-refractivity contribution in [3.8, 4) is 11.1 Å². The quantitative estimate of drug-likeness (QED) is 0.602. The zero-order valence-electron chi connectivity index (χ0n) is 14.7. The van der Waals surface area contributed by atoms with Crippen molar-refractivity contribution in [3.63, 3.8) is 0 Å². The molecule has 0 spiro atoms. The summed E-state index contributed by atoms with van der Waals surface area (Å²) in [5.41, 5.74) is 4.63. The fourth-order valence-electron chi connectivity index (χ4n) is 2.38. The van der Waals surface area contributed by atoms with E-state index in [1.165, 1.54) is 16.7 Å². The van der Waals surface area contributed by atoms with Gasteiger partial charge in [0.05, 0.1) is 0 Å². The van der Waals surface area contributed by atoms with Crippen LogP contribution in [0.2, 0.25) is 0 Å². The number of nitrogens with one attached hydrogen (secondary N) is 3. The molecule has 6 heteroatoms. The fraction of sp³-hybridized carbons (Fsp3) is 0.316. The van der Waals surface area contributed by atoms with Crippen molar-refractivity contribution >= 4 is 17.1 Å². The molecule has 0 fully saturated rings. The van der Waals surface area contributed by atoms with Crippen LogP contribution in [-0.2, 0) is 22.5 Å². The Morgan fingerprint density at radius 3 is 2.52 bits per heavy atom. The van der Waals surface area contributed by atoms with E-state index in [4.69, 9.17) is 0 Å². The van der Waals surface area contributed by atoms with Gasteiger partial charge >= 0.3 is 0 Å². The van der Waals surface area contributed by atoms with E-state index < -0.39 is 11.2 Å². The third kappa shape index (κ3) is 6.42. The molecule has 1 unspecified atom stereocenters. The molecule has 0 bridgehead atoms. The van der Waals surface area contributed by atoms with E-state index in [1.54, 1.807) is 6.92 Å². The van der Waals surface area contributed by atoms with Gasteiger partial charge in [0.15, 0.2) is 11.2 Å². The van der Waals surface area contributed by atoms with Crippen LogP contribution in [0.3, 0.4) is 0 Å². The first-order valence-electron chi connectivity index (χ1n) is 8.40. The molecule has 3 N–H and O–H groups in total. The molecule has 2 aromatic carbocycles. The van der Waals surface area contributed by atoms with Crippen molar-refractivity contribution < 1.29 is 9.00 Å². The molecule has 0 heterocycles. The lowest BCUT2D eigenvalue weighted by Gasteiger charge is -2.11. The molecule has 0 aliphatic rings. The summed E-state index contributed by atoms with van der Waals surface area (Å²) in [6.45, 7) is 5.30. The van der Waals surface area contributed by atoms with Gasteiger partial charge in [-0.3, -0.25) is 4.79 Å². The monoisotopic (exact) mass is 359 g/mol. The Kier molecular flexibility index (Phi) is 7.78. The third-order valence-electron chi connectivity index (χ3n) is 3.80. The Morgan fingerprint density at radius 2 is 1.80 bits per heavy atom. The summed E-state index contributed by atoms with van der Waals surface area (Å²) in [4.78, 5) is 11.1. The first kappa shape index (κ1) is 19.3.